The molecular formula is C24H20ClN3O5. The number of halogens is 1. The number of fused-ring (bicyclic) bond motifs is 1. The van der Waals surface area contributed by atoms with Crippen molar-refractivity contribution in [2.45, 2.75) is 13.2 Å². The van der Waals surface area contributed by atoms with Crippen LogP contribution in [0, 0.1) is 0 Å². The normalized spacial score (nSPS) is 11.9. The number of rotatable bonds is 7. The van der Waals surface area contributed by atoms with Crippen molar-refractivity contribution >= 4 is 29.6 Å². The zero-order valence-corrected chi connectivity index (χ0v) is 18.2. The average Bonchev–Trinajstić information content (AvgIpc) is 3.31. The summed E-state index contributed by atoms with van der Waals surface area (Å²) in [6, 6.07) is 19.9. The second-order valence-electron chi connectivity index (χ2n) is 7.02. The highest BCUT2D eigenvalue weighted by Gasteiger charge is 2.15. The summed E-state index contributed by atoms with van der Waals surface area (Å²) in [7, 11) is 0. The minimum atomic E-state index is -0.869. The molecule has 1 heterocycles. The van der Waals surface area contributed by atoms with Gasteiger partial charge >= 0.3 is 11.8 Å². The van der Waals surface area contributed by atoms with Gasteiger partial charge in [-0.1, -0.05) is 35.9 Å². The zero-order valence-electron chi connectivity index (χ0n) is 17.4. The first kappa shape index (κ1) is 22.2. The van der Waals surface area contributed by atoms with Crippen LogP contribution < -0.4 is 25.0 Å². The van der Waals surface area contributed by atoms with E-state index in [1.54, 1.807) is 42.5 Å². The Morgan fingerprint density at radius 3 is 2.61 bits per heavy atom. The van der Waals surface area contributed by atoms with Crippen LogP contribution in [0.2, 0.25) is 5.02 Å². The fraction of sp³-hybridized carbons (Fsp3) is 0.125. The van der Waals surface area contributed by atoms with E-state index in [-0.39, 0.29) is 13.3 Å². The second kappa shape index (κ2) is 10.5. The van der Waals surface area contributed by atoms with Crippen LogP contribution in [-0.2, 0) is 22.7 Å². The number of nitrogens with zero attached hydrogens (tertiary/aromatic N) is 1. The number of carbonyl (C=O) groups excluding carboxylic acids is 2. The Bertz CT molecular complexity index is 1180. The summed E-state index contributed by atoms with van der Waals surface area (Å²) in [6.45, 7) is 0.691. The van der Waals surface area contributed by atoms with Gasteiger partial charge in [-0.3, -0.25) is 9.59 Å². The number of amides is 2. The molecule has 0 spiro atoms. The van der Waals surface area contributed by atoms with E-state index in [9.17, 15) is 9.59 Å². The van der Waals surface area contributed by atoms with Gasteiger partial charge in [0.1, 0.15) is 12.4 Å². The molecule has 0 saturated heterocycles. The third kappa shape index (κ3) is 6.02. The maximum atomic E-state index is 12.0. The van der Waals surface area contributed by atoms with Crippen molar-refractivity contribution in [3.63, 3.8) is 0 Å². The maximum absolute atomic E-state index is 12.0. The number of carbonyl (C=O) groups is 2. The van der Waals surface area contributed by atoms with Gasteiger partial charge in [-0.25, -0.2) is 5.43 Å². The van der Waals surface area contributed by atoms with Crippen LogP contribution in [0.5, 0.6) is 17.2 Å². The van der Waals surface area contributed by atoms with Crippen LogP contribution in [0.15, 0.2) is 71.8 Å². The van der Waals surface area contributed by atoms with E-state index in [1.165, 1.54) is 6.21 Å². The minimum absolute atomic E-state index is 0.169. The molecule has 0 bridgehead atoms. The highest BCUT2D eigenvalue weighted by Crippen LogP contribution is 2.32. The summed E-state index contributed by atoms with van der Waals surface area (Å²) in [6.07, 6.45) is 1.43. The molecule has 0 radical (unpaired) electrons. The van der Waals surface area contributed by atoms with Gasteiger partial charge in [-0.05, 0) is 53.6 Å². The van der Waals surface area contributed by atoms with Crippen LogP contribution in [0.1, 0.15) is 16.7 Å². The number of ether oxygens (including phenoxy) is 3. The Morgan fingerprint density at radius 2 is 1.79 bits per heavy atom. The van der Waals surface area contributed by atoms with Crippen LogP contribution in [0.4, 0.5) is 0 Å². The molecule has 1 aliphatic heterocycles. The first-order chi connectivity index (χ1) is 16.1. The van der Waals surface area contributed by atoms with Crippen molar-refractivity contribution in [2.24, 2.45) is 5.10 Å². The summed E-state index contributed by atoms with van der Waals surface area (Å²) in [4.78, 5) is 23.9. The van der Waals surface area contributed by atoms with Gasteiger partial charge in [0.2, 0.25) is 6.79 Å². The van der Waals surface area contributed by atoms with Crippen molar-refractivity contribution in [2.75, 3.05) is 6.79 Å². The summed E-state index contributed by atoms with van der Waals surface area (Å²) in [5.74, 6) is 0.257. The lowest BCUT2D eigenvalue weighted by Crippen LogP contribution is -2.37. The fourth-order valence-corrected chi connectivity index (χ4v) is 3.15. The number of benzene rings is 3. The Balaban J connectivity index is 1.21. The molecule has 9 heteroatoms. The largest absolute Gasteiger partial charge is 0.489 e. The van der Waals surface area contributed by atoms with Crippen molar-refractivity contribution in [1.82, 2.24) is 10.7 Å². The molecule has 3 aromatic carbocycles. The lowest BCUT2D eigenvalue weighted by atomic mass is 10.2. The molecule has 4 rings (SSSR count). The van der Waals surface area contributed by atoms with Gasteiger partial charge in [0, 0.05) is 17.1 Å². The lowest BCUT2D eigenvalue weighted by molar-refractivity contribution is -0.139. The van der Waals surface area contributed by atoms with Gasteiger partial charge in [-0.2, -0.15) is 5.10 Å². The third-order valence-corrected chi connectivity index (χ3v) is 5.08. The van der Waals surface area contributed by atoms with E-state index in [0.29, 0.717) is 28.9 Å². The van der Waals surface area contributed by atoms with Gasteiger partial charge in [0.25, 0.3) is 0 Å². The van der Waals surface area contributed by atoms with Crippen molar-refractivity contribution in [3.05, 3.63) is 88.4 Å². The summed E-state index contributed by atoms with van der Waals surface area (Å²) >= 11 is 6.12. The van der Waals surface area contributed by atoms with E-state index >= 15 is 0 Å². The van der Waals surface area contributed by atoms with Gasteiger partial charge in [0.05, 0.1) is 6.21 Å². The van der Waals surface area contributed by atoms with Crippen LogP contribution in [-0.4, -0.2) is 24.8 Å². The second-order valence-corrected chi connectivity index (χ2v) is 7.43. The molecule has 0 aliphatic carbocycles. The molecular weight excluding hydrogens is 446 g/mol. The number of nitrogens with one attached hydrogen (secondary N) is 2. The molecule has 1 aliphatic rings. The molecule has 2 N–H and O–H groups in total. The number of hydrogen-bond acceptors (Lipinski definition) is 6. The van der Waals surface area contributed by atoms with Crippen molar-refractivity contribution in [1.29, 1.82) is 0 Å². The molecule has 0 aromatic heterocycles. The average molecular weight is 466 g/mol. The van der Waals surface area contributed by atoms with Crippen molar-refractivity contribution in [3.8, 4) is 17.2 Å². The molecule has 33 heavy (non-hydrogen) atoms. The summed E-state index contributed by atoms with van der Waals surface area (Å²) in [5.41, 5.74) is 4.60. The third-order valence-electron chi connectivity index (χ3n) is 4.71. The number of hydrogen-bond donors (Lipinski definition) is 2. The van der Waals surface area contributed by atoms with E-state index in [2.05, 4.69) is 15.8 Å². The predicted molar refractivity (Wildman–Crippen MR) is 122 cm³/mol. The quantitative estimate of drug-likeness (QED) is 0.316. The van der Waals surface area contributed by atoms with E-state index in [1.807, 2.05) is 24.3 Å². The highest BCUT2D eigenvalue weighted by molar-refractivity contribution is 6.35. The maximum Gasteiger partial charge on any atom is 0.329 e. The molecule has 8 nitrogen and oxygen atoms in total. The molecule has 3 aromatic rings. The fourth-order valence-electron chi connectivity index (χ4n) is 2.96. The molecule has 2 amide bonds. The van der Waals surface area contributed by atoms with Gasteiger partial charge < -0.3 is 19.5 Å². The molecule has 168 valence electrons. The Hall–Kier alpha value is -4.04. The number of hydrazone groups is 1. The Morgan fingerprint density at radius 1 is 1.00 bits per heavy atom. The Kier molecular flexibility index (Phi) is 7.06. The molecule has 0 unspecified atom stereocenters. The summed E-state index contributed by atoms with van der Waals surface area (Å²) < 4.78 is 16.2. The summed E-state index contributed by atoms with van der Waals surface area (Å²) in [5, 5.41) is 7.00. The smallest absolute Gasteiger partial charge is 0.329 e. The lowest BCUT2D eigenvalue weighted by Gasteiger charge is -2.07. The Labute approximate surface area is 195 Å². The van der Waals surface area contributed by atoms with E-state index < -0.39 is 11.8 Å². The highest BCUT2D eigenvalue weighted by atomic mass is 35.5. The van der Waals surface area contributed by atoms with E-state index in [4.69, 9.17) is 25.8 Å². The first-order valence-corrected chi connectivity index (χ1v) is 10.4. The predicted octanol–water partition coefficient (Wildman–Crippen LogP) is 3.41. The van der Waals surface area contributed by atoms with E-state index in [0.717, 1.165) is 16.7 Å². The van der Waals surface area contributed by atoms with Crippen LogP contribution in [0.3, 0.4) is 0 Å². The zero-order chi connectivity index (χ0) is 23.0. The van der Waals surface area contributed by atoms with Gasteiger partial charge in [-0.15, -0.1) is 0 Å². The standard InChI is InChI=1S/C24H20ClN3O5/c25-20-4-2-1-3-18(20)14-31-19-8-5-16(6-9-19)13-27-28-24(30)23(29)26-12-17-7-10-21-22(11-17)33-15-32-21/h1-11,13H,12,14-15H2,(H,26,29)(H,28,30)/b27-13+. The van der Waals surface area contributed by atoms with Gasteiger partial charge in [0.15, 0.2) is 11.5 Å². The molecule has 0 fully saturated rings. The molecule has 0 saturated carbocycles. The van der Waals surface area contributed by atoms with Crippen molar-refractivity contribution < 1.29 is 23.8 Å². The minimum Gasteiger partial charge on any atom is -0.489 e. The molecule has 0 atom stereocenters. The van der Waals surface area contributed by atoms with Crippen LogP contribution in [0.25, 0.3) is 0 Å². The monoisotopic (exact) mass is 465 g/mol. The SMILES string of the molecule is O=C(NCc1ccc2c(c1)OCO2)C(=O)N/N=C/c1ccc(OCc2ccccc2Cl)cc1. The first-order valence-electron chi connectivity index (χ1n) is 10.0. The van der Waals surface area contributed by atoms with Crippen LogP contribution >= 0.6 is 11.6 Å². The topological polar surface area (TPSA) is 98.2 Å².